The van der Waals surface area contributed by atoms with Gasteiger partial charge in [0.1, 0.15) is 0 Å². The summed E-state index contributed by atoms with van der Waals surface area (Å²) >= 11 is 0. The summed E-state index contributed by atoms with van der Waals surface area (Å²) in [5.74, 6) is 0.964. The van der Waals surface area contributed by atoms with Gasteiger partial charge in [0.15, 0.2) is 0 Å². The predicted octanol–water partition coefficient (Wildman–Crippen LogP) is 11.6. The lowest BCUT2D eigenvalue weighted by atomic mass is 9.96. The maximum Gasteiger partial charge on any atom is -0.0351 e. The standard InChI is InChI=1S/C30H60/c1-4-6-8-10-11-12-13-14-15-16-17-18-19-20-21-22-23-24-25-27-29-30(3)28-26-9-7-5-2/h15-16,30H,4-14,17-29H2,1-3H3. The average molecular weight is 421 g/mol. The monoisotopic (exact) mass is 420 g/mol. The molecule has 0 spiro atoms. The van der Waals surface area contributed by atoms with Crippen LogP contribution in [0.25, 0.3) is 0 Å². The molecule has 0 saturated carbocycles. The van der Waals surface area contributed by atoms with Crippen LogP contribution in [0.2, 0.25) is 0 Å². The van der Waals surface area contributed by atoms with Gasteiger partial charge in [0.2, 0.25) is 0 Å². The summed E-state index contributed by atoms with van der Waals surface area (Å²) in [5, 5.41) is 0. The Balaban J connectivity index is 3.14. The molecule has 30 heavy (non-hydrogen) atoms. The van der Waals surface area contributed by atoms with E-state index in [4.69, 9.17) is 0 Å². The first-order chi connectivity index (χ1) is 14.8. The van der Waals surface area contributed by atoms with E-state index < -0.39 is 0 Å². The molecule has 0 aromatic rings. The Morgan fingerprint density at radius 1 is 0.400 bits per heavy atom. The van der Waals surface area contributed by atoms with E-state index in [2.05, 4.69) is 32.9 Å². The predicted molar refractivity (Wildman–Crippen MR) is 140 cm³/mol. The first kappa shape index (κ1) is 29.7. The number of allylic oxidation sites excluding steroid dienone is 2. The van der Waals surface area contributed by atoms with Crippen molar-refractivity contribution < 1.29 is 0 Å². The zero-order chi connectivity index (χ0) is 22.0. The Labute approximate surface area is 193 Å². The van der Waals surface area contributed by atoms with E-state index in [1.807, 2.05) is 0 Å². The highest BCUT2D eigenvalue weighted by Crippen LogP contribution is 2.18. The third-order valence-electron chi connectivity index (χ3n) is 6.76. The van der Waals surface area contributed by atoms with E-state index >= 15 is 0 Å². The van der Waals surface area contributed by atoms with Gasteiger partial charge >= 0.3 is 0 Å². The first-order valence-corrected chi connectivity index (χ1v) is 14.5. The third-order valence-corrected chi connectivity index (χ3v) is 6.76. The van der Waals surface area contributed by atoms with Gasteiger partial charge in [-0.1, -0.05) is 161 Å². The summed E-state index contributed by atoms with van der Waals surface area (Å²) in [6.07, 6.45) is 39.3. The van der Waals surface area contributed by atoms with Gasteiger partial charge in [-0.15, -0.1) is 0 Å². The second kappa shape index (κ2) is 26.8. The van der Waals surface area contributed by atoms with Crippen LogP contribution in [0.1, 0.15) is 175 Å². The summed E-state index contributed by atoms with van der Waals surface area (Å²) in [6.45, 7) is 7.07. The molecule has 0 nitrogen and oxygen atoms in total. The molecule has 0 heteroatoms. The van der Waals surface area contributed by atoms with Crippen LogP contribution in [0.4, 0.5) is 0 Å². The molecule has 0 saturated heterocycles. The highest BCUT2D eigenvalue weighted by atomic mass is 14.1. The lowest BCUT2D eigenvalue weighted by Gasteiger charge is -2.10. The fourth-order valence-electron chi connectivity index (χ4n) is 4.51. The number of hydrogen-bond acceptors (Lipinski definition) is 0. The van der Waals surface area contributed by atoms with E-state index in [1.54, 1.807) is 0 Å². The lowest BCUT2D eigenvalue weighted by Crippen LogP contribution is -1.95. The number of rotatable bonds is 25. The second-order valence-electron chi connectivity index (χ2n) is 10.1. The molecule has 1 atom stereocenters. The maximum absolute atomic E-state index is 2.47. The Morgan fingerprint density at radius 3 is 1.10 bits per heavy atom. The van der Waals surface area contributed by atoms with Gasteiger partial charge in [-0.2, -0.15) is 0 Å². The van der Waals surface area contributed by atoms with E-state index in [1.165, 1.54) is 154 Å². The molecule has 0 amide bonds. The lowest BCUT2D eigenvalue weighted by molar-refractivity contribution is 0.433. The van der Waals surface area contributed by atoms with Crippen LogP contribution >= 0.6 is 0 Å². The van der Waals surface area contributed by atoms with Crippen molar-refractivity contribution in [3.8, 4) is 0 Å². The minimum atomic E-state index is 0.964. The number of unbranched alkanes of at least 4 members (excludes halogenated alkanes) is 19. The molecule has 0 aliphatic carbocycles. The molecular formula is C30H60. The van der Waals surface area contributed by atoms with Crippen molar-refractivity contribution in [2.75, 3.05) is 0 Å². The second-order valence-corrected chi connectivity index (χ2v) is 10.1. The fourth-order valence-corrected chi connectivity index (χ4v) is 4.51. The molecule has 0 radical (unpaired) electrons. The van der Waals surface area contributed by atoms with Crippen LogP contribution in [0, 0.1) is 5.92 Å². The summed E-state index contributed by atoms with van der Waals surface area (Å²) in [5.41, 5.74) is 0. The van der Waals surface area contributed by atoms with Crippen LogP contribution < -0.4 is 0 Å². The average Bonchev–Trinajstić information content (AvgIpc) is 2.75. The molecule has 0 aliphatic heterocycles. The molecular weight excluding hydrogens is 360 g/mol. The van der Waals surface area contributed by atoms with Crippen LogP contribution in [-0.4, -0.2) is 0 Å². The summed E-state index contributed by atoms with van der Waals surface area (Å²) < 4.78 is 0. The quantitative estimate of drug-likeness (QED) is 0.102. The Bertz CT molecular complexity index is 316. The highest BCUT2D eigenvalue weighted by molar-refractivity contribution is 4.81. The van der Waals surface area contributed by atoms with Crippen LogP contribution in [0.5, 0.6) is 0 Å². The summed E-state index contributed by atoms with van der Waals surface area (Å²) in [6, 6.07) is 0. The molecule has 0 aromatic heterocycles. The molecule has 0 bridgehead atoms. The van der Waals surface area contributed by atoms with Crippen LogP contribution in [-0.2, 0) is 0 Å². The molecule has 0 aliphatic rings. The largest absolute Gasteiger partial charge is 0.0885 e. The van der Waals surface area contributed by atoms with Gasteiger partial charge in [-0.3, -0.25) is 0 Å². The zero-order valence-electron chi connectivity index (χ0n) is 21.7. The summed E-state index contributed by atoms with van der Waals surface area (Å²) in [4.78, 5) is 0. The van der Waals surface area contributed by atoms with Gasteiger partial charge < -0.3 is 0 Å². The van der Waals surface area contributed by atoms with E-state index in [9.17, 15) is 0 Å². The third kappa shape index (κ3) is 25.8. The molecule has 180 valence electrons. The van der Waals surface area contributed by atoms with Crippen LogP contribution in [0.15, 0.2) is 12.2 Å². The van der Waals surface area contributed by atoms with Crippen molar-refractivity contribution >= 4 is 0 Å². The van der Waals surface area contributed by atoms with Crippen LogP contribution in [0.3, 0.4) is 0 Å². The normalized spacial score (nSPS) is 12.8. The van der Waals surface area contributed by atoms with Gasteiger partial charge in [-0.05, 0) is 31.6 Å². The van der Waals surface area contributed by atoms with Gasteiger partial charge in [0, 0.05) is 0 Å². The van der Waals surface area contributed by atoms with Crippen molar-refractivity contribution in [1.82, 2.24) is 0 Å². The molecule has 0 heterocycles. The maximum atomic E-state index is 2.47. The first-order valence-electron chi connectivity index (χ1n) is 14.5. The number of hydrogen-bond donors (Lipinski definition) is 0. The van der Waals surface area contributed by atoms with Crippen molar-refractivity contribution in [2.45, 2.75) is 175 Å². The Hall–Kier alpha value is -0.260. The highest BCUT2D eigenvalue weighted by Gasteiger charge is 2.01. The van der Waals surface area contributed by atoms with Gasteiger partial charge in [-0.25, -0.2) is 0 Å². The molecule has 0 N–H and O–H groups in total. The SMILES string of the molecule is CCCCCCCCCC=CCCCCCCCCCCCC(C)CCCCCC. The van der Waals surface area contributed by atoms with E-state index in [-0.39, 0.29) is 0 Å². The smallest absolute Gasteiger partial charge is 0.0351 e. The molecule has 0 fully saturated rings. The van der Waals surface area contributed by atoms with Gasteiger partial charge in [0.05, 0.1) is 0 Å². The minimum absolute atomic E-state index is 0.964. The van der Waals surface area contributed by atoms with Gasteiger partial charge in [0.25, 0.3) is 0 Å². The van der Waals surface area contributed by atoms with E-state index in [0.717, 1.165) is 5.92 Å². The zero-order valence-corrected chi connectivity index (χ0v) is 21.7. The molecule has 0 rings (SSSR count). The van der Waals surface area contributed by atoms with Crippen molar-refractivity contribution in [2.24, 2.45) is 5.92 Å². The topological polar surface area (TPSA) is 0 Å². The Morgan fingerprint density at radius 2 is 0.700 bits per heavy atom. The Kier molecular flexibility index (Phi) is 26.5. The molecule has 1 unspecified atom stereocenters. The van der Waals surface area contributed by atoms with E-state index in [0.29, 0.717) is 0 Å². The van der Waals surface area contributed by atoms with Crippen molar-refractivity contribution in [3.05, 3.63) is 12.2 Å². The fraction of sp³-hybridized carbons (Fsp3) is 0.933. The summed E-state index contributed by atoms with van der Waals surface area (Å²) in [7, 11) is 0. The van der Waals surface area contributed by atoms with Crippen molar-refractivity contribution in [3.63, 3.8) is 0 Å². The van der Waals surface area contributed by atoms with Crippen molar-refractivity contribution in [1.29, 1.82) is 0 Å². The molecule has 0 aromatic carbocycles. The minimum Gasteiger partial charge on any atom is -0.0885 e.